The first-order valence-corrected chi connectivity index (χ1v) is 9.00. The summed E-state index contributed by atoms with van der Waals surface area (Å²) >= 11 is 3.28. The Morgan fingerprint density at radius 1 is 1.38 bits per heavy atom. The van der Waals surface area contributed by atoms with Crippen molar-refractivity contribution >= 4 is 33.8 Å². The average molecular weight is 397 g/mol. The lowest BCUT2D eigenvalue weighted by molar-refractivity contribution is -0.132. The second-order valence-electron chi connectivity index (χ2n) is 5.89. The molecule has 0 unspecified atom stereocenters. The first-order valence-electron chi connectivity index (χ1n) is 8.21. The molecule has 0 aromatic heterocycles. The van der Waals surface area contributed by atoms with E-state index in [2.05, 4.69) is 21.2 Å². The lowest BCUT2D eigenvalue weighted by atomic mass is 9.96. The number of likely N-dealkylation sites (tertiary alicyclic amines) is 1. The molecule has 24 heavy (non-hydrogen) atoms. The predicted molar refractivity (Wildman–Crippen MR) is 95.7 cm³/mol. The molecule has 0 radical (unpaired) electrons. The highest BCUT2D eigenvalue weighted by molar-refractivity contribution is 9.10. The molecule has 0 atom stereocenters. The van der Waals surface area contributed by atoms with E-state index in [9.17, 15) is 14.0 Å². The van der Waals surface area contributed by atoms with Gasteiger partial charge in [-0.3, -0.25) is 9.59 Å². The fourth-order valence-electron chi connectivity index (χ4n) is 2.66. The van der Waals surface area contributed by atoms with Gasteiger partial charge in [-0.15, -0.1) is 0 Å². The highest BCUT2D eigenvalue weighted by atomic mass is 79.9. The summed E-state index contributed by atoms with van der Waals surface area (Å²) in [7, 11) is 0. The van der Waals surface area contributed by atoms with Crippen LogP contribution in [0.5, 0.6) is 0 Å². The Morgan fingerprint density at radius 3 is 2.75 bits per heavy atom. The van der Waals surface area contributed by atoms with Crippen LogP contribution in [0.15, 0.2) is 28.7 Å². The van der Waals surface area contributed by atoms with Crippen LogP contribution in [-0.4, -0.2) is 36.3 Å². The third-order valence-corrected chi connectivity index (χ3v) is 4.58. The Labute approximate surface area is 150 Å². The average Bonchev–Trinajstić information content (AvgIpc) is 2.60. The summed E-state index contributed by atoms with van der Waals surface area (Å²) in [4.78, 5) is 25.9. The number of hydrogen-bond donors (Lipinski definition) is 1. The van der Waals surface area contributed by atoms with Crippen molar-refractivity contribution in [3.63, 3.8) is 0 Å². The predicted octanol–water partition coefficient (Wildman–Crippen LogP) is 3.37. The maximum Gasteiger partial charge on any atom is 0.246 e. The second kappa shape index (κ2) is 8.97. The van der Waals surface area contributed by atoms with Crippen LogP contribution in [0, 0.1) is 11.7 Å². The largest absolute Gasteiger partial charge is 0.356 e. The maximum atomic E-state index is 13.7. The summed E-state index contributed by atoms with van der Waals surface area (Å²) in [6, 6.07) is 4.60. The van der Waals surface area contributed by atoms with E-state index >= 15 is 0 Å². The van der Waals surface area contributed by atoms with Gasteiger partial charge in [0.25, 0.3) is 0 Å². The standard InChI is InChI=1S/C18H22BrFN2O2/c1-2-9-21-18(24)13-7-10-22(11-8-13)17(23)6-3-14-12-15(19)4-5-16(14)20/h3-6,12-13H,2,7-11H2,1H3,(H,21,24)/b6-3+. The molecule has 1 heterocycles. The van der Waals surface area contributed by atoms with Crippen LogP contribution in [0.25, 0.3) is 6.08 Å². The number of halogens is 2. The molecule has 1 aliphatic rings. The highest BCUT2D eigenvalue weighted by Gasteiger charge is 2.26. The normalized spacial score (nSPS) is 15.7. The third-order valence-electron chi connectivity index (χ3n) is 4.09. The van der Waals surface area contributed by atoms with E-state index in [-0.39, 0.29) is 23.5 Å². The number of nitrogens with zero attached hydrogens (tertiary/aromatic N) is 1. The third kappa shape index (κ3) is 5.16. The van der Waals surface area contributed by atoms with E-state index < -0.39 is 0 Å². The quantitative estimate of drug-likeness (QED) is 0.775. The van der Waals surface area contributed by atoms with Crippen molar-refractivity contribution in [2.75, 3.05) is 19.6 Å². The molecule has 0 spiro atoms. The molecule has 0 saturated carbocycles. The van der Waals surface area contributed by atoms with Crippen molar-refractivity contribution in [3.05, 3.63) is 40.1 Å². The Bertz CT molecular complexity index is 625. The van der Waals surface area contributed by atoms with E-state index in [4.69, 9.17) is 0 Å². The number of nitrogens with one attached hydrogen (secondary N) is 1. The van der Waals surface area contributed by atoms with Crippen molar-refractivity contribution in [2.45, 2.75) is 26.2 Å². The molecule has 1 fully saturated rings. The van der Waals surface area contributed by atoms with Gasteiger partial charge in [0.05, 0.1) is 0 Å². The monoisotopic (exact) mass is 396 g/mol. The van der Waals surface area contributed by atoms with Crippen LogP contribution < -0.4 is 5.32 Å². The molecule has 0 aliphatic carbocycles. The first kappa shape index (κ1) is 18.6. The number of piperidine rings is 1. The molecular formula is C18H22BrFN2O2. The van der Waals surface area contributed by atoms with Crippen LogP contribution in [0.4, 0.5) is 4.39 Å². The minimum atomic E-state index is -0.367. The molecule has 1 N–H and O–H groups in total. The molecule has 2 rings (SSSR count). The van der Waals surface area contributed by atoms with Crippen LogP contribution in [0.2, 0.25) is 0 Å². The second-order valence-corrected chi connectivity index (χ2v) is 6.81. The van der Waals surface area contributed by atoms with Crippen LogP contribution in [0.1, 0.15) is 31.7 Å². The Hall–Kier alpha value is -1.69. The summed E-state index contributed by atoms with van der Waals surface area (Å²) in [5, 5.41) is 2.90. The molecule has 1 saturated heterocycles. The molecule has 2 amide bonds. The Kier molecular flexibility index (Phi) is 6.97. The van der Waals surface area contributed by atoms with E-state index in [0.717, 1.165) is 10.9 Å². The minimum Gasteiger partial charge on any atom is -0.356 e. The lowest BCUT2D eigenvalue weighted by Gasteiger charge is -2.30. The highest BCUT2D eigenvalue weighted by Crippen LogP contribution is 2.19. The van der Waals surface area contributed by atoms with Crippen molar-refractivity contribution in [2.24, 2.45) is 5.92 Å². The van der Waals surface area contributed by atoms with E-state index in [1.54, 1.807) is 17.0 Å². The molecule has 6 heteroatoms. The van der Waals surface area contributed by atoms with Crippen LogP contribution >= 0.6 is 15.9 Å². The molecule has 1 aromatic carbocycles. The van der Waals surface area contributed by atoms with Crippen LogP contribution in [-0.2, 0) is 9.59 Å². The maximum absolute atomic E-state index is 13.7. The van der Waals surface area contributed by atoms with Gasteiger partial charge in [0, 0.05) is 41.7 Å². The summed E-state index contributed by atoms with van der Waals surface area (Å²) in [5.74, 6) is -0.460. The molecular weight excluding hydrogens is 375 g/mol. The van der Waals surface area contributed by atoms with Crippen molar-refractivity contribution in [3.8, 4) is 0 Å². The molecule has 0 bridgehead atoms. The Morgan fingerprint density at radius 2 is 2.08 bits per heavy atom. The minimum absolute atomic E-state index is 0.0212. The zero-order valence-corrected chi connectivity index (χ0v) is 15.3. The van der Waals surface area contributed by atoms with Crippen molar-refractivity contribution < 1.29 is 14.0 Å². The number of carbonyl (C=O) groups excluding carboxylic acids is 2. The zero-order chi connectivity index (χ0) is 17.5. The van der Waals surface area contributed by atoms with E-state index in [1.165, 1.54) is 18.2 Å². The number of amides is 2. The Balaban J connectivity index is 1.87. The van der Waals surface area contributed by atoms with Crippen molar-refractivity contribution in [1.29, 1.82) is 0 Å². The van der Waals surface area contributed by atoms with Gasteiger partial charge in [-0.25, -0.2) is 4.39 Å². The van der Waals surface area contributed by atoms with Gasteiger partial charge in [0.1, 0.15) is 5.82 Å². The SMILES string of the molecule is CCCNC(=O)C1CCN(C(=O)/C=C/c2cc(Br)ccc2F)CC1. The number of rotatable bonds is 5. The summed E-state index contributed by atoms with van der Waals surface area (Å²) in [6.45, 7) is 3.81. The summed E-state index contributed by atoms with van der Waals surface area (Å²) in [5.41, 5.74) is 0.367. The smallest absolute Gasteiger partial charge is 0.246 e. The van der Waals surface area contributed by atoms with Gasteiger partial charge < -0.3 is 10.2 Å². The van der Waals surface area contributed by atoms with Gasteiger partial charge in [-0.05, 0) is 43.5 Å². The summed E-state index contributed by atoms with van der Waals surface area (Å²) in [6.07, 6.45) is 5.13. The van der Waals surface area contributed by atoms with E-state index in [0.29, 0.717) is 38.0 Å². The van der Waals surface area contributed by atoms with Gasteiger partial charge in [0.15, 0.2) is 0 Å². The molecule has 4 nitrogen and oxygen atoms in total. The fourth-order valence-corrected chi connectivity index (χ4v) is 3.04. The number of carbonyl (C=O) groups is 2. The molecule has 1 aliphatic heterocycles. The van der Waals surface area contributed by atoms with Gasteiger partial charge in [0.2, 0.25) is 11.8 Å². The van der Waals surface area contributed by atoms with Crippen LogP contribution in [0.3, 0.4) is 0 Å². The van der Waals surface area contributed by atoms with Gasteiger partial charge >= 0.3 is 0 Å². The molecule has 1 aromatic rings. The van der Waals surface area contributed by atoms with E-state index in [1.807, 2.05) is 6.92 Å². The lowest BCUT2D eigenvalue weighted by Crippen LogP contribution is -2.42. The number of hydrogen-bond acceptors (Lipinski definition) is 2. The molecule has 130 valence electrons. The first-order chi connectivity index (χ1) is 11.5. The fraction of sp³-hybridized carbons (Fsp3) is 0.444. The van der Waals surface area contributed by atoms with Gasteiger partial charge in [-0.1, -0.05) is 22.9 Å². The van der Waals surface area contributed by atoms with Gasteiger partial charge in [-0.2, -0.15) is 0 Å². The van der Waals surface area contributed by atoms with Crippen molar-refractivity contribution in [1.82, 2.24) is 10.2 Å². The zero-order valence-electron chi connectivity index (χ0n) is 13.7. The topological polar surface area (TPSA) is 49.4 Å². The summed E-state index contributed by atoms with van der Waals surface area (Å²) < 4.78 is 14.4. The number of benzene rings is 1.